The van der Waals surface area contributed by atoms with E-state index in [1.807, 2.05) is 25.1 Å². The Morgan fingerprint density at radius 2 is 1.84 bits per heavy atom. The first-order valence-corrected chi connectivity index (χ1v) is 10.1. The second-order valence-corrected chi connectivity index (χ2v) is 7.92. The van der Waals surface area contributed by atoms with Gasteiger partial charge < -0.3 is 20.0 Å². The van der Waals surface area contributed by atoms with E-state index in [-0.39, 0.29) is 22.9 Å². The van der Waals surface area contributed by atoms with E-state index in [2.05, 4.69) is 26.2 Å². The molecule has 0 saturated heterocycles. The lowest BCUT2D eigenvalue weighted by Gasteiger charge is -2.18. The van der Waals surface area contributed by atoms with Crippen LogP contribution in [0.4, 0.5) is 5.69 Å². The van der Waals surface area contributed by atoms with Gasteiger partial charge in [-0.25, -0.2) is 4.79 Å². The van der Waals surface area contributed by atoms with E-state index in [0.29, 0.717) is 28.7 Å². The molecule has 160 valence electrons. The van der Waals surface area contributed by atoms with E-state index in [1.165, 1.54) is 16.5 Å². The molecule has 2 heterocycles. The number of amides is 1. The number of nitrogens with zero attached hydrogens (tertiary/aromatic N) is 2. The smallest absolute Gasteiger partial charge is 0.323 e. The van der Waals surface area contributed by atoms with Gasteiger partial charge in [0.15, 0.2) is 0 Å². The highest BCUT2D eigenvalue weighted by molar-refractivity contribution is 6.10. The van der Waals surface area contributed by atoms with Crippen molar-refractivity contribution < 1.29 is 9.90 Å². The maximum Gasteiger partial charge on any atom is 0.323 e. The summed E-state index contributed by atoms with van der Waals surface area (Å²) in [6.07, 6.45) is 0.605. The number of phenols is 1. The zero-order valence-electron chi connectivity index (χ0n) is 17.6. The van der Waals surface area contributed by atoms with Crippen LogP contribution in [-0.2, 0) is 6.42 Å². The molecule has 0 aliphatic heterocycles. The Kier molecular flexibility index (Phi) is 4.55. The van der Waals surface area contributed by atoms with Crippen LogP contribution in [0, 0.1) is 6.92 Å². The number of nitrogens with one attached hydrogen (secondary N) is 3. The molecule has 0 bridgehead atoms. The number of aromatic amines is 3. The molecule has 5 rings (SSSR count). The third kappa shape index (κ3) is 3.41. The van der Waals surface area contributed by atoms with Gasteiger partial charge in [-0.3, -0.25) is 9.89 Å². The van der Waals surface area contributed by atoms with Crippen LogP contribution in [0.2, 0.25) is 0 Å². The fourth-order valence-electron chi connectivity index (χ4n) is 3.96. The summed E-state index contributed by atoms with van der Waals surface area (Å²) in [6, 6.07) is 16.6. The van der Waals surface area contributed by atoms with Gasteiger partial charge in [0, 0.05) is 30.6 Å². The number of anilines is 1. The Labute approximate surface area is 182 Å². The lowest BCUT2D eigenvalue weighted by atomic mass is 10.0. The van der Waals surface area contributed by atoms with Crippen molar-refractivity contribution in [2.75, 3.05) is 11.9 Å². The molecule has 0 radical (unpaired) electrons. The maximum absolute atomic E-state index is 13.2. The molecule has 3 aromatic carbocycles. The molecule has 0 aliphatic carbocycles. The minimum absolute atomic E-state index is 0.128. The van der Waals surface area contributed by atoms with Crippen molar-refractivity contribution in [3.8, 4) is 5.75 Å². The third-order valence-corrected chi connectivity index (χ3v) is 5.63. The highest BCUT2D eigenvalue weighted by Gasteiger charge is 2.20. The predicted octanol–water partition coefficient (Wildman–Crippen LogP) is 3.61. The van der Waals surface area contributed by atoms with Crippen molar-refractivity contribution >= 4 is 33.5 Å². The molecule has 0 aliphatic rings. The molecule has 0 atom stereocenters. The Balaban J connectivity index is 1.51. The standard InChI is InChI=1S/C24H21N5O3/c1-13-4-3-5-14(8-13)9-19-16-11-17(22(30)12-20(16)28-27-19)23(31)29(2)15-6-7-18-21(10-15)26-24(32)25-18/h3-8,10-12,30H,9H2,1-2H3,(H,27,28)(H2,25,26,32). The Hall–Kier alpha value is -4.33. The molecule has 0 fully saturated rings. The summed E-state index contributed by atoms with van der Waals surface area (Å²) in [5.74, 6) is -0.499. The molecule has 0 unspecified atom stereocenters. The van der Waals surface area contributed by atoms with Crippen molar-refractivity contribution in [3.05, 3.63) is 87.5 Å². The van der Waals surface area contributed by atoms with Crippen LogP contribution < -0.4 is 10.6 Å². The van der Waals surface area contributed by atoms with E-state index in [4.69, 9.17) is 0 Å². The highest BCUT2D eigenvalue weighted by Crippen LogP contribution is 2.29. The van der Waals surface area contributed by atoms with Crippen LogP contribution >= 0.6 is 0 Å². The Morgan fingerprint density at radius 1 is 1.03 bits per heavy atom. The molecule has 5 aromatic rings. The number of H-pyrrole nitrogens is 3. The molecular formula is C24H21N5O3. The topological polar surface area (TPSA) is 118 Å². The minimum Gasteiger partial charge on any atom is -0.507 e. The van der Waals surface area contributed by atoms with E-state index < -0.39 is 0 Å². The lowest BCUT2D eigenvalue weighted by Crippen LogP contribution is -2.26. The molecule has 2 aromatic heterocycles. The minimum atomic E-state index is -0.371. The van der Waals surface area contributed by atoms with Gasteiger partial charge in [-0.2, -0.15) is 5.10 Å². The number of aryl methyl sites for hydroxylation is 1. The van der Waals surface area contributed by atoms with Crippen molar-refractivity contribution in [2.45, 2.75) is 13.3 Å². The fraction of sp³-hybridized carbons (Fsp3) is 0.125. The Morgan fingerprint density at radius 3 is 2.66 bits per heavy atom. The number of hydrogen-bond donors (Lipinski definition) is 4. The lowest BCUT2D eigenvalue weighted by molar-refractivity contribution is 0.0990. The fourth-order valence-corrected chi connectivity index (χ4v) is 3.96. The number of carbonyl (C=O) groups is 1. The van der Waals surface area contributed by atoms with Crippen molar-refractivity contribution in [1.82, 2.24) is 20.2 Å². The first-order valence-electron chi connectivity index (χ1n) is 10.1. The maximum atomic E-state index is 13.2. The summed E-state index contributed by atoms with van der Waals surface area (Å²) in [5, 5.41) is 18.7. The normalized spacial score (nSPS) is 11.3. The SMILES string of the molecule is Cc1cccc(Cc2n[nH]c3cc(O)c(C(=O)N(C)c4ccc5[nH]c(=O)[nH]c5c4)cc23)c1. The summed E-state index contributed by atoms with van der Waals surface area (Å²) in [7, 11) is 1.63. The number of hydrogen-bond acceptors (Lipinski definition) is 4. The highest BCUT2D eigenvalue weighted by atomic mass is 16.3. The number of fused-ring (bicyclic) bond motifs is 2. The Bertz CT molecular complexity index is 1540. The van der Waals surface area contributed by atoms with Gasteiger partial charge in [-0.15, -0.1) is 0 Å². The summed E-state index contributed by atoms with van der Waals surface area (Å²) in [5.41, 5.74) is 5.45. The van der Waals surface area contributed by atoms with Crippen molar-refractivity contribution in [1.29, 1.82) is 0 Å². The van der Waals surface area contributed by atoms with E-state index >= 15 is 0 Å². The molecule has 0 spiro atoms. The quantitative estimate of drug-likeness (QED) is 0.350. The third-order valence-electron chi connectivity index (χ3n) is 5.63. The van der Waals surface area contributed by atoms with E-state index in [0.717, 1.165) is 16.6 Å². The van der Waals surface area contributed by atoms with Crippen molar-refractivity contribution in [2.24, 2.45) is 0 Å². The number of carbonyl (C=O) groups excluding carboxylic acids is 1. The monoisotopic (exact) mass is 427 g/mol. The molecular weight excluding hydrogens is 406 g/mol. The van der Waals surface area contributed by atoms with Crippen LogP contribution in [0.1, 0.15) is 27.2 Å². The molecule has 8 nitrogen and oxygen atoms in total. The van der Waals surface area contributed by atoms with Gasteiger partial charge in [-0.05, 0) is 36.8 Å². The predicted molar refractivity (Wildman–Crippen MR) is 123 cm³/mol. The van der Waals surface area contributed by atoms with Crippen molar-refractivity contribution in [3.63, 3.8) is 0 Å². The number of aromatic nitrogens is 4. The van der Waals surface area contributed by atoms with Crippen LogP contribution in [0.25, 0.3) is 21.9 Å². The van der Waals surface area contributed by atoms with E-state index in [1.54, 1.807) is 31.3 Å². The van der Waals surface area contributed by atoms with Crippen LogP contribution in [0.15, 0.2) is 59.4 Å². The average molecular weight is 427 g/mol. The van der Waals surface area contributed by atoms with E-state index in [9.17, 15) is 14.7 Å². The van der Waals surface area contributed by atoms with Gasteiger partial charge in [0.1, 0.15) is 5.75 Å². The zero-order chi connectivity index (χ0) is 22.4. The number of imidazole rings is 1. The number of phenolic OH excluding ortho intramolecular Hbond substituents is 1. The van der Waals surface area contributed by atoms with Crippen LogP contribution in [-0.4, -0.2) is 38.2 Å². The number of rotatable bonds is 4. The van der Waals surface area contributed by atoms with Gasteiger partial charge in [-0.1, -0.05) is 29.8 Å². The largest absolute Gasteiger partial charge is 0.507 e. The molecule has 0 saturated carbocycles. The first-order chi connectivity index (χ1) is 15.4. The second-order valence-electron chi connectivity index (χ2n) is 7.92. The number of benzene rings is 3. The zero-order valence-corrected chi connectivity index (χ0v) is 17.6. The summed E-state index contributed by atoms with van der Waals surface area (Å²) in [4.78, 5) is 31.6. The molecule has 1 amide bonds. The molecule has 4 N–H and O–H groups in total. The summed E-state index contributed by atoms with van der Waals surface area (Å²) < 4.78 is 0. The number of aromatic hydroxyl groups is 1. The molecule has 32 heavy (non-hydrogen) atoms. The second kappa shape index (κ2) is 7.42. The van der Waals surface area contributed by atoms with Gasteiger partial charge in [0.05, 0.1) is 27.8 Å². The van der Waals surface area contributed by atoms with Gasteiger partial charge in [0.2, 0.25) is 0 Å². The van der Waals surface area contributed by atoms with Gasteiger partial charge >= 0.3 is 5.69 Å². The van der Waals surface area contributed by atoms with Crippen LogP contribution in [0.5, 0.6) is 5.75 Å². The average Bonchev–Trinajstić information content (AvgIpc) is 3.33. The first kappa shape index (κ1) is 19.6. The summed E-state index contributed by atoms with van der Waals surface area (Å²) in [6.45, 7) is 2.04. The summed E-state index contributed by atoms with van der Waals surface area (Å²) >= 11 is 0. The van der Waals surface area contributed by atoms with Crippen LogP contribution in [0.3, 0.4) is 0 Å². The van der Waals surface area contributed by atoms with Gasteiger partial charge in [0.25, 0.3) is 5.91 Å². The molecule has 8 heteroatoms.